The summed E-state index contributed by atoms with van der Waals surface area (Å²) in [6.07, 6.45) is 4.85. The number of hydrogen-bond acceptors (Lipinski definition) is 2. The summed E-state index contributed by atoms with van der Waals surface area (Å²) >= 11 is 0. The Morgan fingerprint density at radius 3 is 2.17 bits per heavy atom. The summed E-state index contributed by atoms with van der Waals surface area (Å²) in [5, 5.41) is 0. The van der Waals surface area contributed by atoms with Gasteiger partial charge in [-0.3, -0.25) is 0 Å². The van der Waals surface area contributed by atoms with Crippen LogP contribution in [0.4, 0.5) is 20.2 Å². The summed E-state index contributed by atoms with van der Waals surface area (Å²) in [6, 6.07) is 2.42. The topological polar surface area (TPSA) is 29.3 Å². The third kappa shape index (κ3) is 2.04. The summed E-state index contributed by atoms with van der Waals surface area (Å²) in [7, 11) is 0. The van der Waals surface area contributed by atoms with E-state index in [1.807, 2.05) is 4.90 Å². The van der Waals surface area contributed by atoms with Crippen LogP contribution in [0.2, 0.25) is 0 Å². The van der Waals surface area contributed by atoms with E-state index in [4.69, 9.17) is 5.73 Å². The number of benzene rings is 1. The van der Waals surface area contributed by atoms with Crippen LogP contribution in [0.25, 0.3) is 0 Å². The van der Waals surface area contributed by atoms with Crippen LogP contribution >= 0.6 is 0 Å². The monoisotopic (exact) mass is 252 g/mol. The fourth-order valence-electron chi connectivity index (χ4n) is 3.50. The van der Waals surface area contributed by atoms with E-state index in [1.165, 1.54) is 37.8 Å². The number of piperidine rings is 1. The highest BCUT2D eigenvalue weighted by Gasteiger charge is 2.32. The van der Waals surface area contributed by atoms with Crippen molar-refractivity contribution in [3.05, 3.63) is 23.8 Å². The first-order valence-corrected chi connectivity index (χ1v) is 6.63. The van der Waals surface area contributed by atoms with Gasteiger partial charge in [-0.1, -0.05) is 6.42 Å². The molecule has 1 heterocycles. The van der Waals surface area contributed by atoms with E-state index < -0.39 is 11.6 Å². The highest BCUT2D eigenvalue weighted by atomic mass is 19.1. The molecule has 0 spiro atoms. The molecule has 1 aliphatic carbocycles. The number of rotatable bonds is 1. The zero-order valence-corrected chi connectivity index (χ0v) is 10.3. The maximum absolute atomic E-state index is 13.9. The fraction of sp³-hybridized carbons (Fsp3) is 0.571. The van der Waals surface area contributed by atoms with Gasteiger partial charge in [0.15, 0.2) is 11.6 Å². The molecule has 2 aliphatic rings. The minimum Gasteiger partial charge on any atom is -0.399 e. The quantitative estimate of drug-likeness (QED) is 0.778. The van der Waals surface area contributed by atoms with Crippen molar-refractivity contribution < 1.29 is 8.78 Å². The molecule has 4 heteroatoms. The van der Waals surface area contributed by atoms with Crippen LogP contribution < -0.4 is 10.6 Å². The third-order valence-electron chi connectivity index (χ3n) is 4.20. The molecule has 1 aromatic rings. The second kappa shape index (κ2) is 4.41. The maximum Gasteiger partial charge on any atom is 0.151 e. The average Bonchev–Trinajstić information content (AvgIpc) is 2.26. The van der Waals surface area contributed by atoms with Crippen molar-refractivity contribution in [2.45, 2.75) is 25.7 Å². The lowest BCUT2D eigenvalue weighted by Crippen LogP contribution is -2.43. The van der Waals surface area contributed by atoms with Gasteiger partial charge in [0.1, 0.15) is 5.69 Å². The molecule has 1 saturated heterocycles. The second-order valence-corrected chi connectivity index (χ2v) is 5.64. The van der Waals surface area contributed by atoms with E-state index in [-0.39, 0.29) is 11.4 Å². The van der Waals surface area contributed by atoms with Crippen LogP contribution in [0, 0.1) is 23.5 Å². The molecule has 2 atom stereocenters. The molecule has 3 rings (SSSR count). The Balaban J connectivity index is 1.91. The zero-order chi connectivity index (χ0) is 12.7. The predicted octanol–water partition coefficient (Wildman–Crippen LogP) is 3.17. The van der Waals surface area contributed by atoms with E-state index in [0.717, 1.165) is 13.1 Å². The van der Waals surface area contributed by atoms with Crippen molar-refractivity contribution in [2.24, 2.45) is 11.8 Å². The number of nitrogens with two attached hydrogens (primary N) is 1. The second-order valence-electron chi connectivity index (χ2n) is 5.64. The Labute approximate surface area is 106 Å². The Morgan fingerprint density at radius 2 is 1.61 bits per heavy atom. The molecule has 98 valence electrons. The number of hydrogen-bond donors (Lipinski definition) is 1. The summed E-state index contributed by atoms with van der Waals surface area (Å²) in [5.41, 5.74) is 5.71. The Hall–Kier alpha value is -1.32. The molecule has 2 unspecified atom stereocenters. The summed E-state index contributed by atoms with van der Waals surface area (Å²) < 4.78 is 27.8. The highest BCUT2D eigenvalue weighted by Crippen LogP contribution is 2.38. The van der Waals surface area contributed by atoms with Crippen LogP contribution in [0.15, 0.2) is 12.1 Å². The van der Waals surface area contributed by atoms with Gasteiger partial charge in [0.2, 0.25) is 0 Å². The largest absolute Gasteiger partial charge is 0.399 e. The smallest absolute Gasteiger partial charge is 0.151 e. The number of anilines is 2. The van der Waals surface area contributed by atoms with E-state index in [9.17, 15) is 8.78 Å². The Kier molecular flexibility index (Phi) is 2.88. The van der Waals surface area contributed by atoms with Crippen molar-refractivity contribution >= 4 is 11.4 Å². The Morgan fingerprint density at radius 1 is 1.06 bits per heavy atom. The van der Waals surface area contributed by atoms with Gasteiger partial charge in [-0.25, -0.2) is 8.78 Å². The lowest BCUT2D eigenvalue weighted by molar-refractivity contribution is 0.229. The van der Waals surface area contributed by atoms with Gasteiger partial charge in [-0.15, -0.1) is 0 Å². The van der Waals surface area contributed by atoms with Crippen molar-refractivity contribution in [3.63, 3.8) is 0 Å². The summed E-state index contributed by atoms with van der Waals surface area (Å²) in [5.74, 6) is 0.114. The van der Waals surface area contributed by atoms with Crippen LogP contribution in [-0.4, -0.2) is 13.1 Å². The van der Waals surface area contributed by atoms with Gasteiger partial charge in [0.05, 0.1) is 0 Å². The van der Waals surface area contributed by atoms with Crippen molar-refractivity contribution in [2.75, 3.05) is 23.7 Å². The third-order valence-corrected chi connectivity index (χ3v) is 4.20. The highest BCUT2D eigenvalue weighted by molar-refractivity contribution is 5.56. The molecule has 0 amide bonds. The number of nitrogens with zero attached hydrogens (tertiary/aromatic N) is 1. The molecule has 1 aliphatic heterocycles. The molecule has 18 heavy (non-hydrogen) atoms. The SMILES string of the molecule is Nc1cc(F)c(N2CC3CCCC(C3)C2)c(F)c1. The van der Waals surface area contributed by atoms with Crippen molar-refractivity contribution in [1.29, 1.82) is 0 Å². The van der Waals surface area contributed by atoms with Gasteiger partial charge in [0, 0.05) is 18.8 Å². The molecule has 1 saturated carbocycles. The fourth-order valence-corrected chi connectivity index (χ4v) is 3.50. The summed E-state index contributed by atoms with van der Waals surface area (Å²) in [4.78, 5) is 1.88. The van der Waals surface area contributed by atoms with Gasteiger partial charge < -0.3 is 10.6 Å². The molecule has 0 radical (unpaired) electrons. The number of fused-ring (bicyclic) bond motifs is 2. The Bertz CT molecular complexity index is 426. The van der Waals surface area contributed by atoms with Gasteiger partial charge >= 0.3 is 0 Å². The first kappa shape index (κ1) is 11.8. The van der Waals surface area contributed by atoms with Crippen LogP contribution in [0.5, 0.6) is 0 Å². The van der Waals surface area contributed by atoms with Crippen LogP contribution in [-0.2, 0) is 0 Å². The number of halogens is 2. The van der Waals surface area contributed by atoms with Crippen molar-refractivity contribution in [3.8, 4) is 0 Å². The minimum absolute atomic E-state index is 0.112. The summed E-state index contributed by atoms with van der Waals surface area (Å²) in [6.45, 7) is 1.54. The van der Waals surface area contributed by atoms with E-state index in [0.29, 0.717) is 11.8 Å². The van der Waals surface area contributed by atoms with Gasteiger partial charge in [-0.2, -0.15) is 0 Å². The van der Waals surface area contributed by atoms with E-state index in [2.05, 4.69) is 0 Å². The lowest BCUT2D eigenvalue weighted by atomic mass is 9.78. The van der Waals surface area contributed by atoms with Crippen LogP contribution in [0.1, 0.15) is 25.7 Å². The maximum atomic E-state index is 13.9. The standard InChI is InChI=1S/C14H18F2N2/c15-12-5-11(17)6-13(16)14(12)18-7-9-2-1-3-10(4-9)8-18/h5-6,9-10H,1-4,7-8,17H2. The molecule has 0 aromatic heterocycles. The van der Waals surface area contributed by atoms with Gasteiger partial charge in [-0.05, 0) is 43.2 Å². The lowest BCUT2D eigenvalue weighted by Gasteiger charge is -2.42. The zero-order valence-electron chi connectivity index (χ0n) is 10.3. The molecule has 2 N–H and O–H groups in total. The molecule has 2 fully saturated rings. The molecule has 2 bridgehead atoms. The molecular weight excluding hydrogens is 234 g/mol. The first-order valence-electron chi connectivity index (χ1n) is 6.63. The van der Waals surface area contributed by atoms with E-state index in [1.54, 1.807) is 0 Å². The van der Waals surface area contributed by atoms with E-state index >= 15 is 0 Å². The molecule has 1 aromatic carbocycles. The minimum atomic E-state index is -0.535. The number of nitrogen functional groups attached to an aromatic ring is 1. The molecule has 2 nitrogen and oxygen atoms in total. The van der Waals surface area contributed by atoms with Gasteiger partial charge in [0.25, 0.3) is 0 Å². The predicted molar refractivity (Wildman–Crippen MR) is 68.4 cm³/mol. The van der Waals surface area contributed by atoms with Crippen molar-refractivity contribution in [1.82, 2.24) is 0 Å². The van der Waals surface area contributed by atoms with Crippen LogP contribution in [0.3, 0.4) is 0 Å². The molecular formula is C14H18F2N2. The average molecular weight is 252 g/mol. The normalized spacial score (nSPS) is 27.3. The first-order chi connectivity index (χ1) is 8.63.